The fraction of sp³-hybridized carbons (Fsp3) is 0.195. The van der Waals surface area contributed by atoms with Crippen molar-refractivity contribution >= 4 is 49.2 Å². The van der Waals surface area contributed by atoms with Crippen LogP contribution in [0.2, 0.25) is 17.3 Å². The Morgan fingerprint density at radius 1 is 0.787 bits per heavy atom. The van der Waals surface area contributed by atoms with Gasteiger partial charge in [-0.15, -0.1) is 23.8 Å². The van der Waals surface area contributed by atoms with Gasteiger partial charge in [0, 0.05) is 43.6 Å². The summed E-state index contributed by atoms with van der Waals surface area (Å²) in [6.07, 6.45) is 3.87. The Morgan fingerprint density at radius 3 is 2.32 bits per heavy atom. The van der Waals surface area contributed by atoms with Crippen molar-refractivity contribution < 1.29 is 21.5 Å². The molecule has 47 heavy (non-hydrogen) atoms. The first-order valence-corrected chi connectivity index (χ1v) is 23.8. The second-order valence-corrected chi connectivity index (χ2v) is 24.5. The van der Waals surface area contributed by atoms with Gasteiger partial charge in [-0.25, -0.2) is 0 Å². The summed E-state index contributed by atoms with van der Waals surface area (Å²) < 4.78 is 12.3. The van der Waals surface area contributed by atoms with Gasteiger partial charge < -0.3 is 4.98 Å². The van der Waals surface area contributed by atoms with Crippen LogP contribution >= 0.6 is 11.3 Å². The number of nitrogens with zero attached hydrogens (tertiary/aromatic N) is 3. The predicted molar refractivity (Wildman–Crippen MR) is 200 cm³/mol. The molecule has 3 aromatic carbocycles. The zero-order chi connectivity index (χ0) is 33.3. The van der Waals surface area contributed by atoms with E-state index in [-0.39, 0.29) is 20.1 Å². The second kappa shape index (κ2) is 14.7. The van der Waals surface area contributed by atoms with Crippen LogP contribution in [0.1, 0.15) is 37.9 Å². The van der Waals surface area contributed by atoms with Crippen LogP contribution in [-0.4, -0.2) is 28.2 Å². The molecular formula is C41H39GeIrN3S-2. The zero-order valence-corrected chi connectivity index (χ0v) is 33.2. The van der Waals surface area contributed by atoms with Gasteiger partial charge in [-0.05, 0) is 52.9 Å². The molecule has 0 N–H and O–H groups in total. The first-order valence-electron chi connectivity index (χ1n) is 16.1. The van der Waals surface area contributed by atoms with Crippen LogP contribution in [0.5, 0.6) is 0 Å². The van der Waals surface area contributed by atoms with E-state index in [1.54, 1.807) is 17.5 Å². The minimum Gasteiger partial charge on any atom is -0.305 e. The normalized spacial score (nSPS) is 11.9. The summed E-state index contributed by atoms with van der Waals surface area (Å²) in [6.45, 7) is 8.01. The van der Waals surface area contributed by atoms with Crippen LogP contribution in [0.4, 0.5) is 0 Å². The van der Waals surface area contributed by atoms with Gasteiger partial charge in [0.15, 0.2) is 0 Å². The second-order valence-electron chi connectivity index (χ2n) is 12.9. The number of thiophene rings is 1. The molecule has 3 nitrogen and oxygen atoms in total. The standard InChI is InChI=1S/C26H21N2S.C15H18GeN.Ir/c1-16(2)18-12-13-27-24(14-18)22-8-5-7-21-20-11-10-19(15-25(20)29-26(21)22)23-9-4-6-17(3)28-23;1-12-10-15(13-8-6-5-7-9-13)17-11-14(12)16(2,3)4;/h4-7,9-16H,1-3H3;5-8,10-11H,1-4H3;/q2*-1;/i16D;;. The van der Waals surface area contributed by atoms with Gasteiger partial charge in [0.2, 0.25) is 0 Å². The molecule has 0 spiro atoms. The summed E-state index contributed by atoms with van der Waals surface area (Å²) in [7, 11) is 0. The fourth-order valence-electron chi connectivity index (χ4n) is 5.71. The van der Waals surface area contributed by atoms with E-state index in [0.29, 0.717) is 0 Å². The average Bonchev–Trinajstić information content (AvgIpc) is 3.43. The van der Waals surface area contributed by atoms with Gasteiger partial charge in [0.1, 0.15) is 0 Å². The molecule has 6 heteroatoms. The van der Waals surface area contributed by atoms with Gasteiger partial charge in [-0.1, -0.05) is 49.1 Å². The largest absolute Gasteiger partial charge is 0.305 e. The molecule has 1 radical (unpaired) electrons. The Labute approximate surface area is 300 Å². The summed E-state index contributed by atoms with van der Waals surface area (Å²) in [6, 6.07) is 37.5. The van der Waals surface area contributed by atoms with Crippen LogP contribution in [0.15, 0.2) is 103 Å². The third-order valence-corrected chi connectivity index (χ3v) is 13.8. The van der Waals surface area contributed by atoms with E-state index in [2.05, 4.69) is 99.9 Å². The van der Waals surface area contributed by atoms with Crippen molar-refractivity contribution in [3.05, 3.63) is 132 Å². The number of hydrogen-bond acceptors (Lipinski definition) is 4. The Balaban J connectivity index is 0.000000214. The van der Waals surface area contributed by atoms with E-state index in [9.17, 15) is 0 Å². The van der Waals surface area contributed by atoms with Crippen molar-refractivity contribution in [2.24, 2.45) is 0 Å². The van der Waals surface area contributed by atoms with E-state index in [4.69, 9.17) is 1.37 Å². The van der Waals surface area contributed by atoms with Crippen molar-refractivity contribution in [2.45, 2.75) is 50.9 Å². The molecule has 4 aromatic heterocycles. The topological polar surface area (TPSA) is 38.7 Å². The van der Waals surface area contributed by atoms with Crippen LogP contribution < -0.4 is 4.40 Å². The van der Waals surface area contributed by atoms with Crippen LogP contribution in [-0.2, 0) is 20.1 Å². The molecule has 0 unspecified atom stereocenters. The Kier molecular flexibility index (Phi) is 10.5. The number of hydrogen-bond donors (Lipinski definition) is 0. The van der Waals surface area contributed by atoms with Gasteiger partial charge in [-0.3, -0.25) is 4.98 Å². The Hall–Kier alpha value is -3.48. The molecule has 0 fully saturated rings. The monoisotopic (exact) mass is 873 g/mol. The molecule has 0 saturated carbocycles. The maximum Gasteiger partial charge on any atom is 0.0705 e. The first-order chi connectivity index (χ1) is 22.4. The Morgan fingerprint density at radius 2 is 1.62 bits per heavy atom. The minimum absolute atomic E-state index is 0. The number of benzene rings is 3. The van der Waals surface area contributed by atoms with E-state index in [1.807, 2.05) is 69.3 Å². The maximum atomic E-state index is 8.36. The number of rotatable bonds is 5. The molecule has 0 atom stereocenters. The van der Waals surface area contributed by atoms with Crippen molar-refractivity contribution in [1.29, 1.82) is 0 Å². The van der Waals surface area contributed by atoms with Crippen molar-refractivity contribution in [3.8, 4) is 33.8 Å². The van der Waals surface area contributed by atoms with Crippen molar-refractivity contribution in [3.63, 3.8) is 0 Å². The van der Waals surface area contributed by atoms with Crippen LogP contribution in [0.25, 0.3) is 53.9 Å². The van der Waals surface area contributed by atoms with Gasteiger partial charge in [0.25, 0.3) is 0 Å². The smallest absolute Gasteiger partial charge is 0.0705 e. The third-order valence-electron chi connectivity index (χ3n) is 8.11. The molecule has 7 rings (SSSR count). The van der Waals surface area contributed by atoms with Gasteiger partial charge in [0.05, 0.1) is 5.69 Å². The molecule has 7 aromatic rings. The summed E-state index contributed by atoms with van der Waals surface area (Å²) in [5.74, 6) is 6.54. The molecule has 0 amide bonds. The average molecular weight is 872 g/mol. The van der Waals surface area contributed by atoms with Crippen LogP contribution in [0.3, 0.4) is 0 Å². The first kappa shape index (κ1) is 33.4. The molecule has 0 aliphatic heterocycles. The van der Waals surface area contributed by atoms with E-state index >= 15 is 0 Å². The Bertz CT molecular complexity index is 2200. The van der Waals surface area contributed by atoms with Crippen molar-refractivity contribution in [1.82, 2.24) is 15.0 Å². The van der Waals surface area contributed by atoms with E-state index < -0.39 is 19.2 Å². The van der Waals surface area contributed by atoms with E-state index in [1.165, 1.54) is 30.1 Å². The quantitative estimate of drug-likeness (QED) is 0.128. The summed E-state index contributed by atoms with van der Waals surface area (Å²) in [5.41, 5.74) is 9.42. The number of fused-ring (bicyclic) bond motifs is 3. The van der Waals surface area contributed by atoms with Crippen LogP contribution in [0, 0.1) is 26.0 Å². The molecule has 0 saturated heterocycles. The summed E-state index contributed by atoms with van der Waals surface area (Å²) in [5, 5.41) is 2.45. The third kappa shape index (κ3) is 7.82. The SMILES string of the molecule is Cc1cc(-c2[c-]cccc2)nc[c]1[Ge]([CH3])([CH3])[CH3].[2H]C(C)(C)c1ccnc(-c2[c-]ccc3c2sc2cc(-c4cccc(C)n4)ccc23)c1.[Ir]. The minimum atomic E-state index is -1.77. The summed E-state index contributed by atoms with van der Waals surface area (Å²) in [4.78, 5) is 13.9. The van der Waals surface area contributed by atoms with E-state index in [0.717, 1.165) is 45.0 Å². The molecule has 239 valence electrons. The van der Waals surface area contributed by atoms with Gasteiger partial charge in [-0.2, -0.15) is 11.3 Å². The molecule has 4 heterocycles. The van der Waals surface area contributed by atoms with Gasteiger partial charge >= 0.3 is 106 Å². The fourth-order valence-corrected chi connectivity index (χ4v) is 10.5. The summed E-state index contributed by atoms with van der Waals surface area (Å²) >= 11 is -0.00900. The number of aromatic nitrogens is 3. The molecule has 0 aliphatic carbocycles. The molecule has 0 bridgehead atoms. The molecule has 0 aliphatic rings. The maximum absolute atomic E-state index is 8.36. The predicted octanol–water partition coefficient (Wildman–Crippen LogP) is 10.8. The number of pyridine rings is 3. The zero-order valence-electron chi connectivity index (χ0n) is 28.9. The number of aryl methyl sites for hydroxylation is 2. The van der Waals surface area contributed by atoms with Crippen molar-refractivity contribution in [2.75, 3.05) is 0 Å². The molecular weight excluding hydrogens is 831 g/mol.